The number of alkyl halides is 3. The molecule has 2 aromatic rings. The fourth-order valence-electron chi connectivity index (χ4n) is 2.11. The Morgan fingerprint density at radius 1 is 1.29 bits per heavy atom. The summed E-state index contributed by atoms with van der Waals surface area (Å²) >= 11 is 5.90. The highest BCUT2D eigenvalue weighted by atomic mass is 35.5. The van der Waals surface area contributed by atoms with E-state index in [2.05, 4.69) is 15.2 Å². The lowest BCUT2D eigenvalue weighted by atomic mass is 9.89. The molecule has 0 saturated carbocycles. The summed E-state index contributed by atoms with van der Waals surface area (Å²) in [5.41, 5.74) is 0.275. The lowest BCUT2D eigenvalue weighted by molar-refractivity contribution is -0.137. The monoisotopic (exact) mass is 354 g/mol. The van der Waals surface area contributed by atoms with Gasteiger partial charge in [-0.15, -0.1) is 0 Å². The smallest absolute Gasteiger partial charge is 0.281 e. The van der Waals surface area contributed by atoms with Crippen LogP contribution in [0.4, 0.5) is 13.2 Å². The third-order valence-corrected chi connectivity index (χ3v) is 3.55. The second-order valence-electron chi connectivity index (χ2n) is 6.17. The molecule has 0 bridgehead atoms. The van der Waals surface area contributed by atoms with E-state index in [0.717, 1.165) is 11.8 Å². The molecule has 2 heterocycles. The van der Waals surface area contributed by atoms with Crippen molar-refractivity contribution in [2.75, 3.05) is 0 Å². The standard InChI is InChI=1S/C16H14ClF3N4/c1-15(2,3)14-10(7-23-24-14)4-9(6-21)13-12(17)5-11(8-22-13)16(18,19)20/h4-5,7-8H,1-3H3,(H,23,24). The first kappa shape index (κ1) is 18.0. The van der Waals surface area contributed by atoms with Gasteiger partial charge in [0, 0.05) is 22.9 Å². The average Bonchev–Trinajstić information content (AvgIpc) is 2.92. The molecule has 0 amide bonds. The van der Waals surface area contributed by atoms with E-state index in [9.17, 15) is 18.4 Å². The lowest BCUT2D eigenvalue weighted by Crippen LogP contribution is -2.13. The summed E-state index contributed by atoms with van der Waals surface area (Å²) in [5.74, 6) is 0. The molecule has 0 aromatic carbocycles. The van der Waals surface area contributed by atoms with E-state index in [4.69, 9.17) is 11.6 Å². The molecular weight excluding hydrogens is 341 g/mol. The van der Waals surface area contributed by atoms with Gasteiger partial charge in [-0.05, 0) is 12.1 Å². The number of H-pyrrole nitrogens is 1. The number of rotatable bonds is 2. The van der Waals surface area contributed by atoms with Crippen LogP contribution < -0.4 is 0 Å². The Labute approximate surface area is 142 Å². The van der Waals surface area contributed by atoms with Crippen molar-refractivity contribution in [1.29, 1.82) is 5.26 Å². The fraction of sp³-hybridized carbons (Fsp3) is 0.312. The van der Waals surface area contributed by atoms with Crippen molar-refractivity contribution in [1.82, 2.24) is 15.2 Å². The summed E-state index contributed by atoms with van der Waals surface area (Å²) in [6.07, 6.45) is -0.844. The molecule has 0 aliphatic heterocycles. The zero-order chi connectivity index (χ0) is 18.1. The minimum Gasteiger partial charge on any atom is -0.281 e. The topological polar surface area (TPSA) is 65.4 Å². The molecule has 126 valence electrons. The van der Waals surface area contributed by atoms with Crippen LogP contribution in [-0.2, 0) is 11.6 Å². The molecule has 0 aliphatic carbocycles. The number of nitrogens with zero attached hydrogens (tertiary/aromatic N) is 3. The van der Waals surface area contributed by atoms with Crippen LogP contribution in [0.1, 0.15) is 43.3 Å². The van der Waals surface area contributed by atoms with E-state index < -0.39 is 11.7 Å². The molecule has 24 heavy (non-hydrogen) atoms. The van der Waals surface area contributed by atoms with Gasteiger partial charge in [0.25, 0.3) is 0 Å². The number of nitrogens with one attached hydrogen (secondary N) is 1. The van der Waals surface area contributed by atoms with Gasteiger partial charge < -0.3 is 0 Å². The van der Waals surface area contributed by atoms with Crippen molar-refractivity contribution >= 4 is 23.3 Å². The highest BCUT2D eigenvalue weighted by molar-refractivity contribution is 6.32. The molecule has 2 rings (SSSR count). The van der Waals surface area contributed by atoms with Gasteiger partial charge in [0.2, 0.25) is 0 Å². The van der Waals surface area contributed by atoms with Gasteiger partial charge in [-0.3, -0.25) is 10.1 Å². The van der Waals surface area contributed by atoms with Crippen molar-refractivity contribution < 1.29 is 13.2 Å². The van der Waals surface area contributed by atoms with Gasteiger partial charge in [0.15, 0.2) is 0 Å². The number of halogens is 4. The van der Waals surface area contributed by atoms with Crippen LogP contribution >= 0.6 is 11.6 Å². The Hall–Kier alpha value is -2.33. The van der Waals surface area contributed by atoms with Gasteiger partial charge in [0.05, 0.1) is 28.0 Å². The number of pyridine rings is 1. The van der Waals surface area contributed by atoms with Crippen LogP contribution in [0.3, 0.4) is 0 Å². The Bertz CT molecular complexity index is 823. The molecule has 8 heteroatoms. The number of hydrogen-bond donors (Lipinski definition) is 1. The van der Waals surface area contributed by atoms with Crippen molar-refractivity contribution in [3.8, 4) is 6.07 Å². The van der Waals surface area contributed by atoms with Gasteiger partial charge in [0.1, 0.15) is 6.07 Å². The van der Waals surface area contributed by atoms with Gasteiger partial charge in [-0.2, -0.15) is 23.5 Å². The van der Waals surface area contributed by atoms with Crippen molar-refractivity contribution in [2.45, 2.75) is 32.4 Å². The summed E-state index contributed by atoms with van der Waals surface area (Å²) in [4.78, 5) is 3.71. The van der Waals surface area contributed by atoms with Crippen molar-refractivity contribution in [3.63, 3.8) is 0 Å². The first-order chi connectivity index (χ1) is 11.0. The molecule has 0 spiro atoms. The fourth-order valence-corrected chi connectivity index (χ4v) is 2.37. The Morgan fingerprint density at radius 3 is 2.46 bits per heavy atom. The molecule has 1 N–H and O–H groups in total. The van der Waals surface area contributed by atoms with E-state index >= 15 is 0 Å². The lowest BCUT2D eigenvalue weighted by Gasteiger charge is -2.17. The maximum absolute atomic E-state index is 12.7. The van der Waals surface area contributed by atoms with E-state index in [0.29, 0.717) is 11.8 Å². The molecular formula is C16H14ClF3N4. The minimum absolute atomic E-state index is 0.00627. The van der Waals surface area contributed by atoms with Crippen LogP contribution in [0.25, 0.3) is 11.6 Å². The predicted octanol–water partition coefficient (Wildman–Crippen LogP) is 4.84. The van der Waals surface area contributed by atoms with Gasteiger partial charge >= 0.3 is 6.18 Å². The molecule has 0 radical (unpaired) electrons. The molecule has 0 fully saturated rings. The normalized spacial score (nSPS) is 13.0. The number of aromatic amines is 1. The maximum atomic E-state index is 12.7. The summed E-state index contributed by atoms with van der Waals surface area (Å²) in [5, 5.41) is 15.9. The second kappa shape index (κ2) is 6.29. The largest absolute Gasteiger partial charge is 0.417 e. The first-order valence-electron chi connectivity index (χ1n) is 6.93. The Kier molecular flexibility index (Phi) is 4.72. The molecule has 2 aromatic heterocycles. The van der Waals surface area contributed by atoms with Gasteiger partial charge in [-0.1, -0.05) is 32.4 Å². The zero-order valence-electron chi connectivity index (χ0n) is 13.2. The van der Waals surface area contributed by atoms with Gasteiger partial charge in [-0.25, -0.2) is 0 Å². The summed E-state index contributed by atoms with van der Waals surface area (Å²) in [6.45, 7) is 5.90. The van der Waals surface area contributed by atoms with Crippen LogP contribution in [0.2, 0.25) is 5.02 Å². The maximum Gasteiger partial charge on any atom is 0.417 e. The quantitative estimate of drug-likeness (QED) is 0.785. The van der Waals surface area contributed by atoms with Crippen LogP contribution in [0.5, 0.6) is 0 Å². The SMILES string of the molecule is CC(C)(C)c1[nH]ncc1C=C(C#N)c1ncc(C(F)(F)F)cc1Cl. The highest BCUT2D eigenvalue weighted by Gasteiger charge is 2.32. The molecule has 0 atom stereocenters. The van der Waals surface area contributed by atoms with Crippen LogP contribution in [0.15, 0.2) is 18.5 Å². The first-order valence-corrected chi connectivity index (χ1v) is 7.30. The number of allylic oxidation sites excluding steroid dienone is 1. The third-order valence-electron chi connectivity index (χ3n) is 3.26. The summed E-state index contributed by atoms with van der Waals surface area (Å²) in [7, 11) is 0. The molecule has 0 unspecified atom stereocenters. The molecule has 0 aliphatic rings. The van der Waals surface area contributed by atoms with Crippen LogP contribution in [-0.4, -0.2) is 15.2 Å². The number of hydrogen-bond acceptors (Lipinski definition) is 3. The average molecular weight is 355 g/mol. The highest BCUT2D eigenvalue weighted by Crippen LogP contribution is 2.33. The summed E-state index contributed by atoms with van der Waals surface area (Å²) in [6, 6.07) is 2.68. The van der Waals surface area contributed by atoms with Crippen LogP contribution in [0, 0.1) is 11.3 Å². The Morgan fingerprint density at radius 2 is 1.96 bits per heavy atom. The second-order valence-corrected chi connectivity index (χ2v) is 6.58. The minimum atomic E-state index is -4.55. The van der Waals surface area contributed by atoms with Crippen molar-refractivity contribution in [2.24, 2.45) is 0 Å². The van der Waals surface area contributed by atoms with E-state index in [1.807, 2.05) is 26.8 Å². The van der Waals surface area contributed by atoms with Crippen molar-refractivity contribution in [3.05, 3.63) is 46.0 Å². The van der Waals surface area contributed by atoms with E-state index in [1.165, 1.54) is 12.3 Å². The number of aromatic nitrogens is 3. The van der Waals surface area contributed by atoms with E-state index in [1.54, 1.807) is 0 Å². The number of nitriles is 1. The Balaban J connectivity index is 2.51. The molecule has 4 nitrogen and oxygen atoms in total. The predicted molar refractivity (Wildman–Crippen MR) is 85.0 cm³/mol. The van der Waals surface area contributed by atoms with E-state index in [-0.39, 0.29) is 21.7 Å². The molecule has 0 saturated heterocycles. The summed E-state index contributed by atoms with van der Waals surface area (Å²) < 4.78 is 38.0. The zero-order valence-corrected chi connectivity index (χ0v) is 13.9. The third kappa shape index (κ3) is 3.77.